The maximum Gasteiger partial charge on any atom is 0.291 e. The number of rotatable bonds is 5. The summed E-state index contributed by atoms with van der Waals surface area (Å²) in [5.41, 5.74) is 3.63. The van der Waals surface area contributed by atoms with Gasteiger partial charge in [0.2, 0.25) is 0 Å². The smallest absolute Gasteiger partial charge is 0.291 e. The number of nitrogens with one attached hydrogen (secondary N) is 1. The van der Waals surface area contributed by atoms with Crippen LogP contribution in [0.2, 0.25) is 0 Å². The van der Waals surface area contributed by atoms with Gasteiger partial charge in [-0.1, -0.05) is 24.3 Å². The maximum absolute atomic E-state index is 12.5. The van der Waals surface area contributed by atoms with Gasteiger partial charge in [-0.3, -0.25) is 9.78 Å². The molecule has 5 heteroatoms. The Labute approximate surface area is 156 Å². The summed E-state index contributed by atoms with van der Waals surface area (Å²) < 4.78 is 11.0. The molecule has 0 radical (unpaired) electrons. The molecule has 134 valence electrons. The normalized spacial score (nSPS) is 10.7. The lowest BCUT2D eigenvalue weighted by molar-refractivity contribution is 0.0998. The van der Waals surface area contributed by atoms with Crippen molar-refractivity contribution in [2.24, 2.45) is 0 Å². The van der Waals surface area contributed by atoms with Gasteiger partial charge < -0.3 is 14.5 Å². The second kappa shape index (κ2) is 7.33. The number of pyridine rings is 1. The number of nitrogens with zero attached hydrogens (tertiary/aromatic N) is 1. The number of aromatic nitrogens is 1. The summed E-state index contributed by atoms with van der Waals surface area (Å²) in [5.74, 6) is 0.553. The van der Waals surface area contributed by atoms with E-state index < -0.39 is 0 Å². The molecule has 0 spiro atoms. The van der Waals surface area contributed by atoms with Gasteiger partial charge in [0.05, 0.1) is 7.11 Å². The molecule has 4 aromatic rings. The standard InChI is InChI=1S/C22H18N2O3/c1-26-19-4-2-3-17-14-20(27-21(17)19)22(25)24-18-7-5-15(6-8-18)13-16-9-11-23-12-10-16/h2-12,14H,13H2,1H3,(H,24,25). The van der Waals surface area contributed by atoms with Gasteiger partial charge in [-0.25, -0.2) is 0 Å². The third-order valence-electron chi connectivity index (χ3n) is 4.32. The molecule has 1 N–H and O–H groups in total. The summed E-state index contributed by atoms with van der Waals surface area (Å²) in [6.45, 7) is 0. The zero-order valence-electron chi connectivity index (χ0n) is 14.8. The molecular formula is C22H18N2O3. The molecule has 0 atom stereocenters. The third kappa shape index (κ3) is 3.67. The lowest BCUT2D eigenvalue weighted by Crippen LogP contribution is -2.10. The molecule has 0 fully saturated rings. The van der Waals surface area contributed by atoms with Gasteiger partial charge in [0.15, 0.2) is 17.1 Å². The molecule has 4 rings (SSSR count). The van der Waals surface area contributed by atoms with Crippen LogP contribution in [0.3, 0.4) is 0 Å². The second-order valence-corrected chi connectivity index (χ2v) is 6.17. The van der Waals surface area contributed by atoms with Gasteiger partial charge in [-0.15, -0.1) is 0 Å². The van der Waals surface area contributed by atoms with Gasteiger partial charge >= 0.3 is 0 Å². The number of carbonyl (C=O) groups excluding carboxylic acids is 1. The first-order valence-corrected chi connectivity index (χ1v) is 8.59. The monoisotopic (exact) mass is 358 g/mol. The number of para-hydroxylation sites is 1. The third-order valence-corrected chi connectivity index (χ3v) is 4.32. The summed E-state index contributed by atoms with van der Waals surface area (Å²) in [6.07, 6.45) is 4.39. The number of hydrogen-bond donors (Lipinski definition) is 1. The molecule has 0 unspecified atom stereocenters. The zero-order chi connectivity index (χ0) is 18.6. The van der Waals surface area contributed by atoms with Crippen LogP contribution in [-0.4, -0.2) is 18.0 Å². The van der Waals surface area contributed by atoms with Gasteiger partial charge in [-0.05, 0) is 53.9 Å². The summed E-state index contributed by atoms with van der Waals surface area (Å²) in [7, 11) is 1.57. The SMILES string of the molecule is COc1cccc2cc(C(=O)Nc3ccc(Cc4ccncc4)cc3)oc12. The van der Waals surface area contributed by atoms with Gasteiger partial charge in [0, 0.05) is 23.5 Å². The van der Waals surface area contributed by atoms with Gasteiger partial charge in [0.1, 0.15) is 0 Å². The number of hydrogen-bond acceptors (Lipinski definition) is 4. The molecule has 0 aliphatic rings. The van der Waals surface area contributed by atoms with E-state index in [4.69, 9.17) is 9.15 Å². The molecular weight excluding hydrogens is 340 g/mol. The van der Waals surface area contributed by atoms with Crippen molar-refractivity contribution < 1.29 is 13.9 Å². The number of furan rings is 1. The number of fused-ring (bicyclic) bond motifs is 1. The minimum Gasteiger partial charge on any atom is -0.493 e. The van der Waals surface area contributed by atoms with E-state index in [0.29, 0.717) is 17.0 Å². The number of amides is 1. The van der Waals surface area contributed by atoms with Crippen LogP contribution in [0.1, 0.15) is 21.7 Å². The van der Waals surface area contributed by atoms with Crippen LogP contribution in [-0.2, 0) is 6.42 Å². The van der Waals surface area contributed by atoms with E-state index in [-0.39, 0.29) is 11.7 Å². The molecule has 2 aromatic heterocycles. The van der Waals surface area contributed by atoms with Gasteiger partial charge in [-0.2, -0.15) is 0 Å². The van der Waals surface area contributed by atoms with Crippen molar-refractivity contribution in [2.45, 2.75) is 6.42 Å². The lowest BCUT2D eigenvalue weighted by Gasteiger charge is -2.05. The van der Waals surface area contributed by atoms with Crippen molar-refractivity contribution in [2.75, 3.05) is 12.4 Å². The Morgan fingerprint density at radius 1 is 1.04 bits per heavy atom. The highest BCUT2D eigenvalue weighted by Gasteiger charge is 2.15. The lowest BCUT2D eigenvalue weighted by atomic mass is 10.1. The number of benzene rings is 2. The first-order valence-electron chi connectivity index (χ1n) is 8.59. The van der Waals surface area contributed by atoms with E-state index >= 15 is 0 Å². The Morgan fingerprint density at radius 3 is 2.52 bits per heavy atom. The summed E-state index contributed by atoms with van der Waals surface area (Å²) >= 11 is 0. The quantitative estimate of drug-likeness (QED) is 0.563. The van der Waals surface area contributed by atoms with E-state index in [1.165, 1.54) is 5.56 Å². The molecule has 0 saturated heterocycles. The average Bonchev–Trinajstić information content (AvgIpc) is 3.15. The van der Waals surface area contributed by atoms with Crippen LogP contribution in [0.4, 0.5) is 5.69 Å². The van der Waals surface area contributed by atoms with Crippen molar-refractivity contribution in [1.82, 2.24) is 4.98 Å². The Kier molecular flexibility index (Phi) is 4.58. The Balaban J connectivity index is 1.48. The molecule has 5 nitrogen and oxygen atoms in total. The highest BCUT2D eigenvalue weighted by molar-refractivity contribution is 6.05. The molecule has 27 heavy (non-hydrogen) atoms. The molecule has 1 amide bonds. The molecule has 2 heterocycles. The van der Waals surface area contributed by atoms with Crippen molar-refractivity contribution in [3.05, 3.63) is 89.9 Å². The Bertz CT molecular complexity index is 1070. The fourth-order valence-corrected chi connectivity index (χ4v) is 2.94. The molecule has 0 aliphatic carbocycles. The Morgan fingerprint density at radius 2 is 1.78 bits per heavy atom. The van der Waals surface area contributed by atoms with Crippen molar-refractivity contribution >= 4 is 22.6 Å². The van der Waals surface area contributed by atoms with Crippen LogP contribution in [0, 0.1) is 0 Å². The highest BCUT2D eigenvalue weighted by Crippen LogP contribution is 2.28. The predicted octanol–water partition coefficient (Wildman–Crippen LogP) is 4.68. The van der Waals surface area contributed by atoms with Crippen LogP contribution in [0.25, 0.3) is 11.0 Å². The first-order chi connectivity index (χ1) is 13.2. The van der Waals surface area contributed by atoms with E-state index in [1.807, 2.05) is 48.5 Å². The average molecular weight is 358 g/mol. The van der Waals surface area contributed by atoms with Crippen LogP contribution >= 0.6 is 0 Å². The summed E-state index contributed by atoms with van der Waals surface area (Å²) in [4.78, 5) is 16.5. The number of anilines is 1. The molecule has 0 saturated carbocycles. The van der Waals surface area contributed by atoms with Crippen LogP contribution < -0.4 is 10.1 Å². The first kappa shape index (κ1) is 16.8. The fourth-order valence-electron chi connectivity index (χ4n) is 2.94. The van der Waals surface area contributed by atoms with E-state index in [1.54, 1.807) is 31.6 Å². The summed E-state index contributed by atoms with van der Waals surface area (Å²) in [5, 5.41) is 3.69. The molecule has 0 bridgehead atoms. The number of methoxy groups -OCH3 is 1. The summed E-state index contributed by atoms with van der Waals surface area (Å²) in [6, 6.07) is 19.0. The van der Waals surface area contributed by atoms with Crippen molar-refractivity contribution in [3.63, 3.8) is 0 Å². The van der Waals surface area contributed by atoms with E-state index in [9.17, 15) is 4.79 Å². The van der Waals surface area contributed by atoms with E-state index in [2.05, 4.69) is 10.3 Å². The fraction of sp³-hybridized carbons (Fsp3) is 0.0909. The second-order valence-electron chi connectivity index (χ2n) is 6.17. The topological polar surface area (TPSA) is 64.4 Å². The van der Waals surface area contributed by atoms with Crippen LogP contribution in [0.15, 0.2) is 77.5 Å². The maximum atomic E-state index is 12.5. The Hall–Kier alpha value is -3.60. The van der Waals surface area contributed by atoms with Crippen molar-refractivity contribution in [1.29, 1.82) is 0 Å². The highest BCUT2D eigenvalue weighted by atomic mass is 16.5. The minimum absolute atomic E-state index is 0.246. The van der Waals surface area contributed by atoms with E-state index in [0.717, 1.165) is 17.4 Å². The largest absolute Gasteiger partial charge is 0.493 e. The van der Waals surface area contributed by atoms with Gasteiger partial charge in [0.25, 0.3) is 5.91 Å². The minimum atomic E-state index is -0.296. The number of ether oxygens (including phenoxy) is 1. The zero-order valence-corrected chi connectivity index (χ0v) is 14.8. The molecule has 0 aliphatic heterocycles. The van der Waals surface area contributed by atoms with Crippen LogP contribution in [0.5, 0.6) is 5.75 Å². The molecule has 2 aromatic carbocycles. The predicted molar refractivity (Wildman–Crippen MR) is 104 cm³/mol. The van der Waals surface area contributed by atoms with Crippen molar-refractivity contribution in [3.8, 4) is 5.75 Å². The number of carbonyl (C=O) groups is 1.